The average molecular weight is 1630 g/mol. The predicted molar refractivity (Wildman–Crippen MR) is 368 cm³/mol. The minimum absolute atomic E-state index is 0.0405. The molecule has 0 unspecified atom stereocenters. The van der Waals surface area contributed by atoms with Gasteiger partial charge in [0.25, 0.3) is 0 Å². The predicted octanol–water partition coefficient (Wildman–Crippen LogP) is 18.0. The summed E-state index contributed by atoms with van der Waals surface area (Å²) >= 11 is 86.5. The fraction of sp³-hybridized carbons (Fsp3) is 0.889. The molecular formula is C54H78Cl18N12O6. The molecule has 12 amide bonds. The molecule has 0 spiro atoms. The molecule has 7 saturated heterocycles. The lowest BCUT2D eigenvalue weighted by molar-refractivity contribution is 0.110. The third-order valence-corrected chi connectivity index (χ3v) is 19.7. The number of fused-ring (bicyclic) bond motifs is 30. The van der Waals surface area contributed by atoms with E-state index >= 15 is 28.8 Å². The molecule has 0 aromatic carbocycles. The van der Waals surface area contributed by atoms with Crippen molar-refractivity contribution in [2.45, 2.75) is 252 Å². The summed E-state index contributed by atoms with van der Waals surface area (Å²) in [5, 5.41) is 0. The van der Waals surface area contributed by atoms with Gasteiger partial charge < -0.3 is 58.8 Å². The van der Waals surface area contributed by atoms with Crippen LogP contribution in [-0.2, 0) is 0 Å². The van der Waals surface area contributed by atoms with Crippen LogP contribution in [0.4, 0.5) is 28.8 Å². The van der Waals surface area contributed by atoms with Crippen molar-refractivity contribution in [3.63, 3.8) is 0 Å². The van der Waals surface area contributed by atoms with Crippen LogP contribution in [0.3, 0.4) is 0 Å². The number of nitrogens with zero attached hydrogens (tertiary/aromatic N) is 12. The highest BCUT2D eigenvalue weighted by molar-refractivity contribution is 6.65. The van der Waals surface area contributed by atoms with Crippen LogP contribution in [0.5, 0.6) is 0 Å². The number of hydrogen-bond donors (Lipinski definition) is 0. The first-order valence-corrected chi connectivity index (χ1v) is 38.5. The molecule has 0 aromatic heterocycles. The molecule has 0 N–H and O–H groups in total. The molecule has 90 heavy (non-hydrogen) atoms. The molecule has 13 aliphatic rings. The molecular weight excluding hydrogens is 1550 g/mol. The molecule has 0 radical (unpaired) electrons. The van der Waals surface area contributed by atoms with E-state index in [1.807, 2.05) is 58.8 Å². The summed E-state index contributed by atoms with van der Waals surface area (Å²) < 4.78 is -4.50. The van der Waals surface area contributed by atoms with E-state index in [4.69, 9.17) is 209 Å². The van der Waals surface area contributed by atoms with Gasteiger partial charge in [0, 0.05) is 0 Å². The average Bonchev–Trinajstić information content (AvgIpc) is 1.62. The van der Waals surface area contributed by atoms with Crippen LogP contribution in [0.25, 0.3) is 0 Å². The first-order valence-electron chi connectivity index (χ1n) is 30.6. The summed E-state index contributed by atoms with van der Waals surface area (Å²) in [6.45, 7) is 1.32. The maximum Gasteiger partial charge on any atom is 0.323 e. The van der Waals surface area contributed by atoms with Crippen LogP contribution >= 0.6 is 209 Å². The monoisotopic (exact) mass is 1620 g/mol. The van der Waals surface area contributed by atoms with Crippen LogP contribution in [0.2, 0.25) is 0 Å². The quantitative estimate of drug-likeness (QED) is 0.221. The second-order valence-corrected chi connectivity index (χ2v) is 36.1. The Kier molecular flexibility index (Phi) is 32.0. The Morgan fingerprint density at radius 3 is 0.311 bits per heavy atom. The molecule has 6 aliphatic carbocycles. The summed E-state index contributed by atoms with van der Waals surface area (Å²) in [6, 6.07) is -0.991. The van der Waals surface area contributed by atoms with Crippen molar-refractivity contribution in [3.05, 3.63) is 0 Å². The zero-order valence-corrected chi connectivity index (χ0v) is 62.8. The van der Waals surface area contributed by atoms with E-state index in [1.165, 1.54) is 0 Å². The maximum atomic E-state index is 15.0. The SMILES string of the molecule is ClC(Cl)Cl.ClC(Cl)Cl.ClC(Cl)Cl.ClC(Cl)Cl.ClC(Cl)Cl.ClC(Cl)Cl.O=C1N2CN3C(=O)N(CN4C(=O)N(CN5C(=O)N(CN6C(=O)N(CN7C(=O)N(CN1[C@H]1CCCC[C@H]12)[C@H]1CCCC[C@H]17)[C@@H]1CCCC[C@@H]16)[C@H]1CCCC[C@H]15)[C@@H]1CCCC[C@@H]14)[C@H]1CCCC[C@H]13. The summed E-state index contributed by atoms with van der Waals surface area (Å²) in [7, 11) is 0. The zero-order valence-electron chi connectivity index (χ0n) is 49.2. The van der Waals surface area contributed by atoms with Gasteiger partial charge in [0.1, 0.15) is 0 Å². The summed E-state index contributed by atoms with van der Waals surface area (Å²) in [6.07, 6.45) is 22.7. The standard InChI is InChI=1S/C48H72N12O6.6CHCl3/c61-43-49-25-51-33-15-3-4-16-34(33)53(44(51)62)27-55-37-19-7-8-20-38(37)57(46(55)64)29-59-41-23-11-12-24-42(41)60(48(59)66)30-58-40-22-10-9-21-39(40)56(47(58)65)28-54-36-18-6-5-17-35(36)52(45(54)63)26-50(43)32-14-2-1-13-31(32)49;6*2-1(3)4/h31-42H,1-30H2;6*1H/t31-,32+,33-,34+,35+,36-,37+,38-,39-,40+,41-,42+;;;;;;. The lowest BCUT2D eigenvalue weighted by Crippen LogP contribution is -2.50. The van der Waals surface area contributed by atoms with Gasteiger partial charge >= 0.3 is 36.2 Å². The lowest BCUT2D eigenvalue weighted by atomic mass is 9.89. The molecule has 516 valence electrons. The molecule has 13 fully saturated rings. The number of halogens is 18. The Hall–Kier alpha value is 0.840. The molecule has 12 bridgehead atoms. The van der Waals surface area contributed by atoms with E-state index in [-0.39, 0.29) is 149 Å². The zero-order chi connectivity index (χ0) is 66.0. The highest BCUT2D eigenvalue weighted by atomic mass is 35.6. The van der Waals surface area contributed by atoms with E-state index in [2.05, 4.69) is 0 Å². The number of carbonyl (C=O) groups excluding carboxylic acids is 6. The fourth-order valence-corrected chi connectivity index (χ4v) is 16.6. The van der Waals surface area contributed by atoms with E-state index in [1.54, 1.807) is 0 Å². The van der Waals surface area contributed by atoms with Crippen LogP contribution in [0.15, 0.2) is 0 Å². The molecule has 6 saturated carbocycles. The van der Waals surface area contributed by atoms with Gasteiger partial charge in [0.05, 0.1) is 113 Å². The highest BCUT2D eigenvalue weighted by Gasteiger charge is 2.59. The number of amides is 12. The minimum Gasteiger partial charge on any atom is -0.302 e. The normalized spacial score (nSPS) is 32.1. The third-order valence-electron chi connectivity index (χ3n) is 19.7. The van der Waals surface area contributed by atoms with Gasteiger partial charge in [-0.3, -0.25) is 0 Å². The number of carbonyl (C=O) groups is 6. The maximum absolute atomic E-state index is 15.0. The van der Waals surface area contributed by atoms with Crippen molar-refractivity contribution in [1.82, 2.24) is 58.8 Å². The van der Waals surface area contributed by atoms with Crippen molar-refractivity contribution in [1.29, 1.82) is 0 Å². The number of hydrogen-bond acceptors (Lipinski definition) is 6. The van der Waals surface area contributed by atoms with Gasteiger partial charge in [-0.25, -0.2) is 28.8 Å². The van der Waals surface area contributed by atoms with Gasteiger partial charge in [0.15, 0.2) is 25.8 Å². The number of alkyl halides is 18. The number of urea groups is 6. The molecule has 13 rings (SSSR count). The first-order chi connectivity index (χ1) is 42.7. The van der Waals surface area contributed by atoms with Crippen molar-refractivity contribution in [3.8, 4) is 0 Å². The first kappa shape index (κ1) is 78.2. The van der Waals surface area contributed by atoms with Gasteiger partial charge in [-0.1, -0.05) is 286 Å². The third kappa shape index (κ3) is 19.6. The van der Waals surface area contributed by atoms with Gasteiger partial charge in [-0.15, -0.1) is 0 Å². The molecule has 7 aliphatic heterocycles. The fourth-order valence-electron chi connectivity index (χ4n) is 16.6. The van der Waals surface area contributed by atoms with E-state index < -0.39 is 25.8 Å². The molecule has 7 heterocycles. The molecule has 0 aromatic rings. The van der Waals surface area contributed by atoms with Crippen molar-refractivity contribution in [2.75, 3.05) is 40.0 Å². The van der Waals surface area contributed by atoms with Crippen LogP contribution in [-0.4, -0.2) is 233 Å². The Morgan fingerprint density at radius 1 is 0.178 bits per heavy atom. The van der Waals surface area contributed by atoms with Gasteiger partial charge in [-0.2, -0.15) is 0 Å². The Morgan fingerprint density at radius 2 is 0.244 bits per heavy atom. The van der Waals surface area contributed by atoms with Crippen LogP contribution in [0, 0.1) is 0 Å². The van der Waals surface area contributed by atoms with Crippen molar-refractivity contribution < 1.29 is 28.8 Å². The smallest absolute Gasteiger partial charge is 0.302 e. The lowest BCUT2D eigenvalue weighted by Gasteiger charge is -2.37. The Labute approximate surface area is 619 Å². The van der Waals surface area contributed by atoms with Crippen molar-refractivity contribution in [2.24, 2.45) is 0 Å². The molecule has 18 nitrogen and oxygen atoms in total. The van der Waals surface area contributed by atoms with Gasteiger partial charge in [-0.05, 0) is 77.0 Å². The Balaban J connectivity index is 0.000000415. The summed E-state index contributed by atoms with van der Waals surface area (Å²) in [5.74, 6) is 0. The van der Waals surface area contributed by atoms with E-state index in [9.17, 15) is 0 Å². The molecule has 12 atom stereocenters. The number of rotatable bonds is 0. The highest BCUT2D eigenvalue weighted by Crippen LogP contribution is 2.45. The minimum atomic E-state index is -0.750. The second-order valence-electron chi connectivity index (χ2n) is 24.2. The van der Waals surface area contributed by atoms with Gasteiger partial charge in [0.2, 0.25) is 0 Å². The van der Waals surface area contributed by atoms with E-state index in [0.717, 1.165) is 154 Å². The van der Waals surface area contributed by atoms with Crippen LogP contribution < -0.4 is 0 Å². The molecule has 36 heteroatoms. The van der Waals surface area contributed by atoms with E-state index in [0.29, 0.717) is 0 Å². The van der Waals surface area contributed by atoms with Crippen molar-refractivity contribution >= 4 is 245 Å². The Bertz CT molecular complexity index is 1840. The van der Waals surface area contributed by atoms with Crippen LogP contribution in [0.1, 0.15) is 154 Å². The summed E-state index contributed by atoms with van der Waals surface area (Å²) in [5.41, 5.74) is 0. The summed E-state index contributed by atoms with van der Waals surface area (Å²) in [4.78, 5) is 114. The second kappa shape index (κ2) is 36.8. The topological polar surface area (TPSA) is 141 Å². The largest absolute Gasteiger partial charge is 0.323 e.